The molecular weight excluding hydrogens is 550 g/mol. The number of carbonyl (C=O) groups is 4. The monoisotopic (exact) mass is 577 g/mol. The molecule has 2 aliphatic rings. The van der Waals surface area contributed by atoms with Gasteiger partial charge in [0.15, 0.2) is 0 Å². The van der Waals surface area contributed by atoms with E-state index in [9.17, 15) is 19.2 Å². The molecule has 3 heterocycles. The second kappa shape index (κ2) is 15.6. The average molecular weight is 578 g/mol. The normalized spacial score (nSPS) is 17.0. The molecule has 39 heavy (non-hydrogen) atoms. The molecule has 1 atom stereocenters. The molecule has 13 heteroatoms. The first kappa shape index (κ1) is 31.5. The molecule has 0 amide bonds. The van der Waals surface area contributed by atoms with E-state index in [1.807, 2.05) is 18.3 Å². The van der Waals surface area contributed by atoms with E-state index in [0.717, 1.165) is 42.6 Å². The molecule has 4 N–H and O–H groups in total. The standard InChI is InChI=1S/C18H20ClN3S.2C4H4O4/c1-21-7-9-22(10-8-21)16-11-13-3-2-6-20-18(13)23-17-5-4-14(19)12-15(16)17;2*5-3(6)1-2-4(7)8/h2-6,12,16H,7-11H2,1H3;2*1-2H,(H,5,6)(H,7,8)/b;2*2-1-. The molecule has 1 unspecified atom stereocenters. The summed E-state index contributed by atoms with van der Waals surface area (Å²) in [5.74, 6) is -5.03. The van der Waals surface area contributed by atoms with Crippen molar-refractivity contribution in [1.82, 2.24) is 14.8 Å². The van der Waals surface area contributed by atoms with Crippen LogP contribution in [0.15, 0.2) is 70.8 Å². The van der Waals surface area contributed by atoms with E-state index < -0.39 is 23.9 Å². The molecule has 0 saturated carbocycles. The predicted molar refractivity (Wildman–Crippen MR) is 144 cm³/mol. The van der Waals surface area contributed by atoms with E-state index in [4.69, 9.17) is 32.0 Å². The molecule has 1 saturated heterocycles. The van der Waals surface area contributed by atoms with Gasteiger partial charge in [0.05, 0.1) is 0 Å². The average Bonchev–Trinajstić information content (AvgIpc) is 3.04. The van der Waals surface area contributed by atoms with Gasteiger partial charge >= 0.3 is 23.9 Å². The van der Waals surface area contributed by atoms with Gasteiger partial charge in [0, 0.05) is 72.6 Å². The van der Waals surface area contributed by atoms with E-state index in [2.05, 4.69) is 40.0 Å². The van der Waals surface area contributed by atoms with Gasteiger partial charge in [-0.3, -0.25) is 4.90 Å². The van der Waals surface area contributed by atoms with Crippen molar-refractivity contribution in [3.8, 4) is 0 Å². The number of hydrogen-bond donors (Lipinski definition) is 4. The lowest BCUT2D eigenvalue weighted by atomic mass is 9.97. The Labute approximate surface area is 234 Å². The summed E-state index contributed by atoms with van der Waals surface area (Å²) in [5, 5.41) is 33.2. The van der Waals surface area contributed by atoms with E-state index >= 15 is 0 Å². The van der Waals surface area contributed by atoms with Crippen LogP contribution in [-0.4, -0.2) is 92.3 Å². The van der Waals surface area contributed by atoms with Gasteiger partial charge < -0.3 is 25.3 Å². The van der Waals surface area contributed by atoms with Crippen molar-refractivity contribution in [2.24, 2.45) is 0 Å². The fourth-order valence-corrected chi connectivity index (χ4v) is 4.94. The zero-order valence-corrected chi connectivity index (χ0v) is 22.5. The van der Waals surface area contributed by atoms with Crippen molar-refractivity contribution >= 4 is 47.2 Å². The maximum absolute atomic E-state index is 9.55. The maximum atomic E-state index is 9.55. The number of likely N-dealkylation sites (N-methyl/N-ethyl adjacent to an activating group) is 1. The van der Waals surface area contributed by atoms with Crippen LogP contribution in [0.25, 0.3) is 0 Å². The Morgan fingerprint density at radius 2 is 1.44 bits per heavy atom. The van der Waals surface area contributed by atoms with Gasteiger partial charge in [0.25, 0.3) is 0 Å². The van der Waals surface area contributed by atoms with Crippen molar-refractivity contribution in [3.63, 3.8) is 0 Å². The van der Waals surface area contributed by atoms with Crippen LogP contribution in [0.4, 0.5) is 0 Å². The first-order chi connectivity index (χ1) is 18.5. The first-order valence-corrected chi connectivity index (χ1v) is 12.8. The van der Waals surface area contributed by atoms with Crippen LogP contribution in [0.3, 0.4) is 0 Å². The topological polar surface area (TPSA) is 169 Å². The fraction of sp³-hybridized carbons (Fsp3) is 0.269. The molecule has 0 bridgehead atoms. The smallest absolute Gasteiger partial charge is 0.328 e. The highest BCUT2D eigenvalue weighted by atomic mass is 35.5. The van der Waals surface area contributed by atoms with Gasteiger partial charge in [0.2, 0.25) is 0 Å². The predicted octanol–water partition coefficient (Wildman–Crippen LogP) is 3.15. The molecule has 1 fully saturated rings. The zero-order valence-electron chi connectivity index (χ0n) is 20.9. The lowest BCUT2D eigenvalue weighted by Gasteiger charge is -2.38. The second-order valence-electron chi connectivity index (χ2n) is 8.33. The number of benzene rings is 1. The number of nitrogens with zero attached hydrogens (tertiary/aromatic N) is 3. The molecule has 208 valence electrons. The van der Waals surface area contributed by atoms with Crippen LogP contribution in [0, 0.1) is 0 Å². The molecule has 1 aromatic heterocycles. The van der Waals surface area contributed by atoms with Crippen molar-refractivity contribution in [2.45, 2.75) is 22.4 Å². The van der Waals surface area contributed by atoms with E-state index in [0.29, 0.717) is 30.3 Å². The number of carboxylic acids is 4. The molecule has 0 spiro atoms. The van der Waals surface area contributed by atoms with Crippen LogP contribution in [0.2, 0.25) is 5.02 Å². The Morgan fingerprint density at radius 3 is 1.95 bits per heavy atom. The lowest BCUT2D eigenvalue weighted by Crippen LogP contribution is -2.46. The Bertz CT molecular complexity index is 1180. The number of aliphatic carboxylic acids is 4. The Balaban J connectivity index is 0.000000277. The summed E-state index contributed by atoms with van der Waals surface area (Å²) < 4.78 is 0. The number of pyridine rings is 1. The summed E-state index contributed by atoms with van der Waals surface area (Å²) in [6.07, 6.45) is 5.13. The van der Waals surface area contributed by atoms with Gasteiger partial charge in [-0.05, 0) is 48.9 Å². The minimum Gasteiger partial charge on any atom is -0.478 e. The molecule has 4 rings (SSSR count). The Morgan fingerprint density at radius 1 is 0.897 bits per heavy atom. The van der Waals surface area contributed by atoms with Gasteiger partial charge in [-0.15, -0.1) is 0 Å². The van der Waals surface area contributed by atoms with E-state index in [-0.39, 0.29) is 0 Å². The maximum Gasteiger partial charge on any atom is 0.328 e. The third-order valence-corrected chi connectivity index (χ3v) is 6.90. The number of rotatable bonds is 5. The van der Waals surface area contributed by atoms with E-state index in [1.54, 1.807) is 11.8 Å². The lowest BCUT2D eigenvalue weighted by molar-refractivity contribution is -0.134. The summed E-state index contributed by atoms with van der Waals surface area (Å²) in [6.45, 7) is 4.46. The molecule has 1 aromatic carbocycles. The minimum atomic E-state index is -1.26. The summed E-state index contributed by atoms with van der Waals surface area (Å²) in [5.41, 5.74) is 2.69. The second-order valence-corrected chi connectivity index (χ2v) is 9.80. The molecule has 11 nitrogen and oxygen atoms in total. The number of hydrogen-bond acceptors (Lipinski definition) is 8. The largest absolute Gasteiger partial charge is 0.478 e. The van der Waals surface area contributed by atoms with Gasteiger partial charge in [-0.25, -0.2) is 24.2 Å². The minimum absolute atomic E-state index is 0.385. The van der Waals surface area contributed by atoms with Gasteiger partial charge in [0.1, 0.15) is 5.03 Å². The summed E-state index contributed by atoms with van der Waals surface area (Å²) in [6, 6.07) is 10.9. The summed E-state index contributed by atoms with van der Waals surface area (Å²) in [4.78, 5) is 49.1. The van der Waals surface area contributed by atoms with Crippen LogP contribution < -0.4 is 0 Å². The van der Waals surface area contributed by atoms with Crippen LogP contribution >= 0.6 is 23.4 Å². The first-order valence-electron chi connectivity index (χ1n) is 11.6. The number of fused-ring (bicyclic) bond motifs is 2. The SMILES string of the molecule is CN1CCN(C2Cc3cccnc3Sc3ccc(Cl)cc32)CC1.O=C(O)/C=C\C(=O)O.O=C(O)/C=C\C(=O)O. The highest BCUT2D eigenvalue weighted by molar-refractivity contribution is 7.99. The van der Waals surface area contributed by atoms with Crippen molar-refractivity contribution in [1.29, 1.82) is 0 Å². The molecule has 0 radical (unpaired) electrons. The third-order valence-electron chi connectivity index (χ3n) is 5.52. The Kier molecular flexibility index (Phi) is 12.6. The van der Waals surface area contributed by atoms with Crippen LogP contribution in [-0.2, 0) is 25.6 Å². The fourth-order valence-electron chi connectivity index (χ4n) is 3.71. The molecular formula is C26H28ClN3O8S. The van der Waals surface area contributed by atoms with Gasteiger partial charge in [-0.1, -0.05) is 29.4 Å². The van der Waals surface area contributed by atoms with Crippen LogP contribution in [0.5, 0.6) is 0 Å². The Hall–Kier alpha value is -3.71. The van der Waals surface area contributed by atoms with Crippen molar-refractivity contribution in [2.75, 3.05) is 33.2 Å². The third kappa shape index (κ3) is 11.3. The molecule has 2 aromatic rings. The molecule has 2 aliphatic heterocycles. The van der Waals surface area contributed by atoms with Gasteiger partial charge in [-0.2, -0.15) is 0 Å². The molecule has 0 aliphatic carbocycles. The number of piperazine rings is 1. The van der Waals surface area contributed by atoms with Crippen molar-refractivity contribution in [3.05, 3.63) is 77.0 Å². The summed E-state index contributed by atoms with van der Waals surface area (Å²) >= 11 is 8.09. The highest BCUT2D eigenvalue weighted by Crippen LogP contribution is 2.42. The number of halogens is 1. The quantitative estimate of drug-likeness (QED) is 0.383. The number of carboxylic acid groups (broad SMARTS) is 4. The summed E-state index contributed by atoms with van der Waals surface area (Å²) in [7, 11) is 2.20. The van der Waals surface area contributed by atoms with Crippen molar-refractivity contribution < 1.29 is 39.6 Å². The highest BCUT2D eigenvalue weighted by Gasteiger charge is 2.29. The number of aromatic nitrogens is 1. The van der Waals surface area contributed by atoms with E-state index in [1.165, 1.54) is 16.0 Å². The zero-order chi connectivity index (χ0) is 28.9. The van der Waals surface area contributed by atoms with Crippen LogP contribution in [0.1, 0.15) is 17.2 Å².